The van der Waals surface area contributed by atoms with E-state index < -0.39 is 0 Å². The van der Waals surface area contributed by atoms with Crippen molar-refractivity contribution < 1.29 is 0 Å². The molecule has 3 heteroatoms. The Morgan fingerprint density at radius 1 is 0.388 bits per heavy atom. The zero-order chi connectivity index (χ0) is 33.1. The summed E-state index contributed by atoms with van der Waals surface area (Å²) in [7, 11) is 0. The minimum absolute atomic E-state index is 0.142. The van der Waals surface area contributed by atoms with Crippen molar-refractivity contribution >= 4 is 32.3 Å². The Morgan fingerprint density at radius 3 is 1.22 bits per heavy atom. The zero-order valence-electron chi connectivity index (χ0n) is 27.9. The van der Waals surface area contributed by atoms with Crippen LogP contribution < -0.4 is 0 Å². The van der Waals surface area contributed by atoms with Gasteiger partial charge >= 0.3 is 0 Å². The lowest BCUT2D eigenvalue weighted by atomic mass is 9.85. The quantitative estimate of drug-likeness (QED) is 0.177. The summed E-state index contributed by atoms with van der Waals surface area (Å²) in [6, 6.07) is 56.8. The number of para-hydroxylation sites is 1. The molecule has 0 aliphatic rings. The van der Waals surface area contributed by atoms with E-state index >= 15 is 0 Å². The van der Waals surface area contributed by atoms with Crippen LogP contribution in [0.5, 0.6) is 0 Å². The van der Waals surface area contributed by atoms with Crippen LogP contribution in [0.2, 0.25) is 0 Å². The highest BCUT2D eigenvalue weighted by atomic mass is 15.3. The average Bonchev–Trinajstić information content (AvgIpc) is 3.59. The summed E-state index contributed by atoms with van der Waals surface area (Å²) in [6.45, 7) is 6.79. The molecular formula is C46H35N3. The Morgan fingerprint density at radius 2 is 0.776 bits per heavy atom. The molecule has 0 bridgehead atoms. The van der Waals surface area contributed by atoms with Crippen molar-refractivity contribution in [1.82, 2.24) is 14.8 Å². The van der Waals surface area contributed by atoms with Gasteiger partial charge in [-0.05, 0) is 102 Å². The SMILES string of the molecule is CC(C)(C)c1ccc(-c2cc3ccc4cc(-c5ccc(-c6nnc(-c7ccccc7)n6-c6ccccc6)cc5)cc5ccc(c2)c3c45)cc1. The summed E-state index contributed by atoms with van der Waals surface area (Å²) in [5.41, 5.74) is 9.45. The van der Waals surface area contributed by atoms with E-state index in [-0.39, 0.29) is 5.41 Å². The Bertz CT molecular complexity index is 2520. The molecule has 9 aromatic rings. The van der Waals surface area contributed by atoms with Crippen LogP contribution in [0.3, 0.4) is 0 Å². The molecule has 0 amide bonds. The zero-order valence-corrected chi connectivity index (χ0v) is 27.9. The fourth-order valence-electron chi connectivity index (χ4n) is 7.21. The van der Waals surface area contributed by atoms with Crippen molar-refractivity contribution in [3.8, 4) is 50.7 Å². The summed E-state index contributed by atoms with van der Waals surface area (Å²) in [6.07, 6.45) is 0. The van der Waals surface area contributed by atoms with Crippen molar-refractivity contribution in [2.75, 3.05) is 0 Å². The van der Waals surface area contributed by atoms with Gasteiger partial charge in [0.15, 0.2) is 11.6 Å². The lowest BCUT2D eigenvalue weighted by Crippen LogP contribution is -2.10. The lowest BCUT2D eigenvalue weighted by Gasteiger charge is -2.19. The second-order valence-corrected chi connectivity index (χ2v) is 14.0. The first-order chi connectivity index (χ1) is 23.9. The van der Waals surface area contributed by atoms with Crippen molar-refractivity contribution in [2.24, 2.45) is 0 Å². The maximum atomic E-state index is 4.69. The summed E-state index contributed by atoms with van der Waals surface area (Å²) < 4.78 is 2.14. The molecule has 0 spiro atoms. The van der Waals surface area contributed by atoms with Gasteiger partial charge in [0.1, 0.15) is 0 Å². The van der Waals surface area contributed by atoms with Crippen LogP contribution in [0.25, 0.3) is 83.0 Å². The van der Waals surface area contributed by atoms with Crippen LogP contribution >= 0.6 is 0 Å². The van der Waals surface area contributed by atoms with Crippen LogP contribution in [-0.2, 0) is 5.41 Å². The number of nitrogens with zero attached hydrogens (tertiary/aromatic N) is 3. The van der Waals surface area contributed by atoms with E-state index in [1.807, 2.05) is 36.4 Å². The summed E-state index contributed by atoms with van der Waals surface area (Å²) in [5.74, 6) is 1.64. The third-order valence-corrected chi connectivity index (χ3v) is 9.80. The molecule has 9 rings (SSSR count). The predicted octanol–water partition coefficient (Wildman–Crippen LogP) is 12.1. The number of benzene rings is 8. The van der Waals surface area contributed by atoms with E-state index in [0.29, 0.717) is 0 Å². The summed E-state index contributed by atoms with van der Waals surface area (Å²) in [4.78, 5) is 0. The maximum absolute atomic E-state index is 4.69. The molecule has 0 saturated heterocycles. The first-order valence-electron chi connectivity index (χ1n) is 16.9. The Balaban J connectivity index is 1.09. The molecule has 0 fully saturated rings. The first kappa shape index (κ1) is 29.1. The Hall–Kier alpha value is -6.06. The van der Waals surface area contributed by atoms with E-state index in [0.717, 1.165) is 28.5 Å². The molecule has 0 unspecified atom stereocenters. The molecule has 0 aliphatic heterocycles. The molecule has 0 atom stereocenters. The largest absolute Gasteiger partial charge is 0.275 e. The molecule has 3 nitrogen and oxygen atoms in total. The Labute approximate surface area is 286 Å². The van der Waals surface area contributed by atoms with E-state index in [2.05, 4.69) is 157 Å². The highest BCUT2D eigenvalue weighted by Gasteiger charge is 2.18. The van der Waals surface area contributed by atoms with E-state index in [1.54, 1.807) is 0 Å². The second kappa shape index (κ2) is 11.3. The fraction of sp³-hybridized carbons (Fsp3) is 0.0870. The Kier molecular flexibility index (Phi) is 6.70. The second-order valence-electron chi connectivity index (χ2n) is 14.0. The van der Waals surface area contributed by atoms with Gasteiger partial charge in [-0.2, -0.15) is 0 Å². The van der Waals surface area contributed by atoms with Crippen LogP contribution in [0.1, 0.15) is 26.3 Å². The minimum Gasteiger partial charge on any atom is -0.275 e. The van der Waals surface area contributed by atoms with Gasteiger partial charge in [0.2, 0.25) is 0 Å². The number of hydrogen-bond acceptors (Lipinski definition) is 2. The number of rotatable bonds is 5. The van der Waals surface area contributed by atoms with E-state index in [1.165, 1.54) is 60.1 Å². The van der Waals surface area contributed by atoms with Gasteiger partial charge in [-0.3, -0.25) is 4.57 Å². The lowest BCUT2D eigenvalue weighted by molar-refractivity contribution is 0.590. The third-order valence-electron chi connectivity index (χ3n) is 9.80. The number of aromatic nitrogens is 3. The van der Waals surface area contributed by atoms with Gasteiger partial charge in [-0.25, -0.2) is 0 Å². The van der Waals surface area contributed by atoms with Crippen LogP contribution in [-0.4, -0.2) is 14.8 Å². The molecule has 49 heavy (non-hydrogen) atoms. The average molecular weight is 630 g/mol. The van der Waals surface area contributed by atoms with Gasteiger partial charge in [0, 0.05) is 16.8 Å². The third kappa shape index (κ3) is 5.06. The molecule has 0 aliphatic carbocycles. The van der Waals surface area contributed by atoms with Crippen LogP contribution in [0.4, 0.5) is 0 Å². The maximum Gasteiger partial charge on any atom is 0.168 e. The smallest absolute Gasteiger partial charge is 0.168 e. The van der Waals surface area contributed by atoms with Gasteiger partial charge in [0.05, 0.1) is 0 Å². The summed E-state index contributed by atoms with van der Waals surface area (Å²) in [5, 5.41) is 17.1. The first-order valence-corrected chi connectivity index (χ1v) is 16.9. The molecule has 0 N–H and O–H groups in total. The fourth-order valence-corrected chi connectivity index (χ4v) is 7.21. The standard InChI is InChI=1S/C46H35N3/c1-46(2,3)40-24-22-31(23-25-40)39-28-36-20-18-34-26-38(27-35-19-21-37(29-39)43(36)42(34)35)30-14-16-33(17-15-30)45-48-47-44(32-10-6-4-7-11-32)49(45)41-12-8-5-9-13-41/h4-29H,1-3H3. The monoisotopic (exact) mass is 629 g/mol. The van der Waals surface area contributed by atoms with Crippen molar-refractivity contribution in [3.05, 3.63) is 163 Å². The molecule has 1 aromatic heterocycles. The van der Waals surface area contributed by atoms with Crippen molar-refractivity contribution in [3.63, 3.8) is 0 Å². The van der Waals surface area contributed by atoms with Crippen LogP contribution in [0.15, 0.2) is 158 Å². The highest BCUT2D eigenvalue weighted by molar-refractivity contribution is 6.24. The number of hydrogen-bond donors (Lipinski definition) is 0. The molecule has 1 heterocycles. The van der Waals surface area contributed by atoms with Crippen molar-refractivity contribution in [2.45, 2.75) is 26.2 Å². The van der Waals surface area contributed by atoms with Gasteiger partial charge in [0.25, 0.3) is 0 Å². The van der Waals surface area contributed by atoms with E-state index in [4.69, 9.17) is 0 Å². The van der Waals surface area contributed by atoms with Gasteiger partial charge in [-0.15, -0.1) is 10.2 Å². The highest BCUT2D eigenvalue weighted by Crippen LogP contribution is 2.40. The van der Waals surface area contributed by atoms with Gasteiger partial charge < -0.3 is 0 Å². The summed E-state index contributed by atoms with van der Waals surface area (Å²) >= 11 is 0. The van der Waals surface area contributed by atoms with Crippen molar-refractivity contribution in [1.29, 1.82) is 0 Å². The minimum atomic E-state index is 0.142. The molecule has 0 saturated carbocycles. The predicted molar refractivity (Wildman–Crippen MR) is 206 cm³/mol. The topological polar surface area (TPSA) is 30.7 Å². The normalized spacial score (nSPS) is 12.0. The molecule has 0 radical (unpaired) electrons. The molecular weight excluding hydrogens is 595 g/mol. The van der Waals surface area contributed by atoms with Gasteiger partial charge in [-0.1, -0.05) is 142 Å². The van der Waals surface area contributed by atoms with E-state index in [9.17, 15) is 0 Å². The molecule has 8 aromatic carbocycles. The van der Waals surface area contributed by atoms with Crippen LogP contribution in [0, 0.1) is 0 Å². The molecule has 234 valence electrons.